The van der Waals surface area contributed by atoms with Gasteiger partial charge in [-0.15, -0.1) is 0 Å². The van der Waals surface area contributed by atoms with Gasteiger partial charge < -0.3 is 9.47 Å². The first-order valence-electron chi connectivity index (χ1n) is 8.13. The SMILES string of the molecule is COc1ccc(CN2CCN(CC3CCCO3)CC2)cc1F. The monoisotopic (exact) mass is 308 g/mol. The molecule has 4 nitrogen and oxygen atoms in total. The highest BCUT2D eigenvalue weighted by molar-refractivity contribution is 5.29. The van der Waals surface area contributed by atoms with Gasteiger partial charge in [0, 0.05) is 45.9 Å². The fourth-order valence-corrected chi connectivity index (χ4v) is 3.27. The van der Waals surface area contributed by atoms with Crippen molar-refractivity contribution < 1.29 is 13.9 Å². The molecule has 0 radical (unpaired) electrons. The minimum absolute atomic E-state index is 0.281. The van der Waals surface area contributed by atoms with E-state index in [1.165, 1.54) is 20.0 Å². The minimum Gasteiger partial charge on any atom is -0.494 e. The van der Waals surface area contributed by atoms with E-state index in [4.69, 9.17) is 9.47 Å². The molecule has 0 N–H and O–H groups in total. The summed E-state index contributed by atoms with van der Waals surface area (Å²) in [5.41, 5.74) is 1.01. The van der Waals surface area contributed by atoms with Crippen LogP contribution in [0.1, 0.15) is 18.4 Å². The van der Waals surface area contributed by atoms with Gasteiger partial charge in [0.1, 0.15) is 0 Å². The molecule has 1 atom stereocenters. The Morgan fingerprint density at radius 3 is 2.64 bits per heavy atom. The Hall–Kier alpha value is -1.17. The van der Waals surface area contributed by atoms with E-state index in [1.54, 1.807) is 12.1 Å². The Labute approximate surface area is 131 Å². The second-order valence-electron chi connectivity index (χ2n) is 6.18. The Morgan fingerprint density at radius 2 is 2.00 bits per heavy atom. The van der Waals surface area contributed by atoms with Crippen molar-refractivity contribution in [3.63, 3.8) is 0 Å². The Bertz CT molecular complexity index is 484. The third-order valence-electron chi connectivity index (χ3n) is 4.57. The number of piperazine rings is 1. The lowest BCUT2D eigenvalue weighted by atomic mass is 10.1. The van der Waals surface area contributed by atoms with Crippen molar-refractivity contribution in [2.45, 2.75) is 25.5 Å². The van der Waals surface area contributed by atoms with Crippen molar-refractivity contribution in [3.05, 3.63) is 29.6 Å². The molecule has 0 saturated carbocycles. The van der Waals surface area contributed by atoms with Gasteiger partial charge >= 0.3 is 0 Å². The zero-order valence-electron chi connectivity index (χ0n) is 13.3. The van der Waals surface area contributed by atoms with Crippen molar-refractivity contribution in [1.82, 2.24) is 9.80 Å². The highest BCUT2D eigenvalue weighted by Gasteiger charge is 2.22. The number of hydrogen-bond donors (Lipinski definition) is 0. The first-order valence-corrected chi connectivity index (χ1v) is 8.13. The van der Waals surface area contributed by atoms with E-state index in [9.17, 15) is 4.39 Å². The maximum absolute atomic E-state index is 13.7. The molecule has 2 aliphatic heterocycles. The summed E-state index contributed by atoms with van der Waals surface area (Å²) >= 11 is 0. The number of benzene rings is 1. The fraction of sp³-hybridized carbons (Fsp3) is 0.647. The maximum atomic E-state index is 13.7. The quantitative estimate of drug-likeness (QED) is 0.832. The fourth-order valence-electron chi connectivity index (χ4n) is 3.27. The zero-order chi connectivity index (χ0) is 15.4. The lowest BCUT2D eigenvalue weighted by Crippen LogP contribution is -2.48. The molecular formula is C17H25FN2O2. The summed E-state index contributed by atoms with van der Waals surface area (Å²) in [5, 5.41) is 0. The molecule has 2 fully saturated rings. The molecule has 2 heterocycles. The van der Waals surface area contributed by atoms with Gasteiger partial charge in [-0.3, -0.25) is 9.80 Å². The van der Waals surface area contributed by atoms with Gasteiger partial charge in [-0.25, -0.2) is 4.39 Å². The molecule has 0 spiro atoms. The topological polar surface area (TPSA) is 24.9 Å². The van der Waals surface area contributed by atoms with Crippen molar-refractivity contribution in [2.75, 3.05) is 46.4 Å². The molecule has 0 aliphatic carbocycles. The summed E-state index contributed by atoms with van der Waals surface area (Å²) < 4.78 is 24.4. The van der Waals surface area contributed by atoms with Crippen molar-refractivity contribution in [1.29, 1.82) is 0 Å². The van der Waals surface area contributed by atoms with Gasteiger partial charge in [-0.05, 0) is 30.5 Å². The predicted molar refractivity (Wildman–Crippen MR) is 83.6 cm³/mol. The molecular weight excluding hydrogens is 283 g/mol. The highest BCUT2D eigenvalue weighted by Crippen LogP contribution is 2.19. The molecule has 0 aromatic heterocycles. The Balaban J connectivity index is 1.46. The van der Waals surface area contributed by atoms with Crippen LogP contribution in [0.25, 0.3) is 0 Å². The van der Waals surface area contributed by atoms with Crippen LogP contribution in [0.4, 0.5) is 4.39 Å². The average molecular weight is 308 g/mol. The van der Waals surface area contributed by atoms with Gasteiger partial charge in [0.2, 0.25) is 0 Å². The van der Waals surface area contributed by atoms with Crippen LogP contribution >= 0.6 is 0 Å². The summed E-state index contributed by atoms with van der Waals surface area (Å²) in [6, 6.07) is 5.23. The van der Waals surface area contributed by atoms with Crippen LogP contribution < -0.4 is 4.74 Å². The number of nitrogens with zero attached hydrogens (tertiary/aromatic N) is 2. The van der Waals surface area contributed by atoms with Crippen LogP contribution in [-0.2, 0) is 11.3 Å². The lowest BCUT2D eigenvalue weighted by Gasteiger charge is -2.35. The van der Waals surface area contributed by atoms with Crippen LogP contribution in [-0.4, -0.2) is 62.3 Å². The first-order chi connectivity index (χ1) is 10.7. The van der Waals surface area contributed by atoms with Crippen molar-refractivity contribution in [2.24, 2.45) is 0 Å². The molecule has 2 saturated heterocycles. The third-order valence-corrected chi connectivity index (χ3v) is 4.57. The molecule has 0 amide bonds. The number of hydrogen-bond acceptors (Lipinski definition) is 4. The van der Waals surface area contributed by atoms with Crippen molar-refractivity contribution in [3.8, 4) is 5.75 Å². The average Bonchev–Trinajstić information content (AvgIpc) is 3.02. The van der Waals surface area contributed by atoms with Crippen LogP contribution in [0.15, 0.2) is 18.2 Å². The summed E-state index contributed by atoms with van der Waals surface area (Å²) in [6.07, 6.45) is 2.83. The normalized spacial score (nSPS) is 23.8. The first kappa shape index (κ1) is 15.7. The van der Waals surface area contributed by atoms with E-state index in [0.717, 1.165) is 51.4 Å². The van der Waals surface area contributed by atoms with Gasteiger partial charge in [0.05, 0.1) is 13.2 Å². The van der Waals surface area contributed by atoms with E-state index in [0.29, 0.717) is 11.9 Å². The molecule has 1 unspecified atom stereocenters. The van der Waals surface area contributed by atoms with E-state index in [2.05, 4.69) is 9.80 Å². The second kappa shape index (κ2) is 7.40. The zero-order valence-corrected chi connectivity index (χ0v) is 13.3. The second-order valence-corrected chi connectivity index (χ2v) is 6.18. The van der Waals surface area contributed by atoms with Crippen LogP contribution in [0.3, 0.4) is 0 Å². The molecule has 1 aromatic rings. The summed E-state index contributed by atoms with van der Waals surface area (Å²) in [5.74, 6) is 0.0298. The summed E-state index contributed by atoms with van der Waals surface area (Å²) in [4.78, 5) is 4.87. The standard InChI is InChI=1S/C17H25FN2O2/c1-21-17-5-4-14(11-16(17)18)12-19-6-8-20(9-7-19)13-15-3-2-10-22-15/h4-5,11,15H,2-3,6-10,12-13H2,1H3. The smallest absolute Gasteiger partial charge is 0.165 e. The van der Waals surface area contributed by atoms with Gasteiger partial charge in [-0.1, -0.05) is 6.07 Å². The molecule has 22 heavy (non-hydrogen) atoms. The summed E-state index contributed by atoms with van der Waals surface area (Å²) in [6.45, 7) is 6.98. The number of halogens is 1. The third kappa shape index (κ3) is 3.97. The van der Waals surface area contributed by atoms with E-state index in [1.807, 2.05) is 6.07 Å². The molecule has 122 valence electrons. The molecule has 5 heteroatoms. The lowest BCUT2D eigenvalue weighted by molar-refractivity contribution is 0.0489. The van der Waals surface area contributed by atoms with Gasteiger partial charge in [-0.2, -0.15) is 0 Å². The molecule has 1 aromatic carbocycles. The van der Waals surface area contributed by atoms with E-state index in [-0.39, 0.29) is 5.82 Å². The Kier molecular flexibility index (Phi) is 5.28. The van der Waals surface area contributed by atoms with Gasteiger partial charge in [0.25, 0.3) is 0 Å². The van der Waals surface area contributed by atoms with E-state index < -0.39 is 0 Å². The predicted octanol–water partition coefficient (Wildman–Crippen LogP) is 2.13. The van der Waals surface area contributed by atoms with Crippen LogP contribution in [0.2, 0.25) is 0 Å². The van der Waals surface area contributed by atoms with Crippen molar-refractivity contribution >= 4 is 0 Å². The molecule has 2 aliphatic rings. The minimum atomic E-state index is -0.281. The van der Waals surface area contributed by atoms with Crippen LogP contribution in [0.5, 0.6) is 5.75 Å². The number of rotatable bonds is 5. The number of methoxy groups -OCH3 is 1. The number of ether oxygens (including phenoxy) is 2. The van der Waals surface area contributed by atoms with Crippen LogP contribution in [0, 0.1) is 5.82 Å². The molecule has 3 rings (SSSR count). The van der Waals surface area contributed by atoms with Gasteiger partial charge in [0.15, 0.2) is 11.6 Å². The summed E-state index contributed by atoms with van der Waals surface area (Å²) in [7, 11) is 1.49. The largest absolute Gasteiger partial charge is 0.494 e. The Morgan fingerprint density at radius 1 is 1.23 bits per heavy atom. The highest BCUT2D eigenvalue weighted by atomic mass is 19.1. The molecule has 0 bridgehead atoms. The van der Waals surface area contributed by atoms with E-state index >= 15 is 0 Å². The maximum Gasteiger partial charge on any atom is 0.165 e.